The summed E-state index contributed by atoms with van der Waals surface area (Å²) in [6, 6.07) is 12.6. The van der Waals surface area contributed by atoms with Gasteiger partial charge in [-0.1, -0.05) is 54.1 Å². The molecule has 0 aromatic heterocycles. The molecule has 0 spiro atoms. The molecule has 2 aromatic rings. The minimum atomic E-state index is -2.05. The standard InChI is InChI=1S/C15H14ClN3O2/c16-12-8-9(13(17)18)6-7-11(12)15(21,14(19)20)10-4-2-1-3-5-10/h1-8,21H,(H3,17,18)(H2,19,20). The Balaban J connectivity index is 2.65. The van der Waals surface area contributed by atoms with Gasteiger partial charge in [-0.15, -0.1) is 0 Å². The van der Waals surface area contributed by atoms with Gasteiger partial charge in [0.15, 0.2) is 5.60 Å². The van der Waals surface area contributed by atoms with Crippen LogP contribution in [-0.4, -0.2) is 16.8 Å². The summed E-state index contributed by atoms with van der Waals surface area (Å²) in [6.07, 6.45) is 0. The number of nitrogen functional groups attached to an aromatic ring is 1. The highest BCUT2D eigenvalue weighted by atomic mass is 35.5. The summed E-state index contributed by atoms with van der Waals surface area (Å²) in [6.45, 7) is 0. The van der Waals surface area contributed by atoms with Gasteiger partial charge >= 0.3 is 0 Å². The van der Waals surface area contributed by atoms with Crippen LogP contribution in [0.4, 0.5) is 0 Å². The summed E-state index contributed by atoms with van der Waals surface area (Å²) in [5.41, 5.74) is 9.58. The molecule has 6 N–H and O–H groups in total. The average molecular weight is 304 g/mol. The number of amidine groups is 1. The first kappa shape index (κ1) is 15.0. The van der Waals surface area contributed by atoms with Crippen LogP contribution in [0.1, 0.15) is 16.7 Å². The molecule has 0 bridgehead atoms. The summed E-state index contributed by atoms with van der Waals surface area (Å²) in [5.74, 6) is -1.10. The molecule has 0 saturated heterocycles. The molecule has 21 heavy (non-hydrogen) atoms. The predicted molar refractivity (Wildman–Crippen MR) is 81.1 cm³/mol. The van der Waals surface area contributed by atoms with Crippen molar-refractivity contribution in [3.8, 4) is 0 Å². The first-order chi connectivity index (χ1) is 9.87. The van der Waals surface area contributed by atoms with E-state index >= 15 is 0 Å². The maximum absolute atomic E-state index is 11.8. The first-order valence-corrected chi connectivity index (χ1v) is 6.47. The number of rotatable bonds is 4. The topological polar surface area (TPSA) is 113 Å². The molecule has 0 radical (unpaired) electrons. The number of carbonyl (C=O) groups excluding carboxylic acids is 1. The van der Waals surface area contributed by atoms with Gasteiger partial charge in [-0.25, -0.2) is 0 Å². The number of nitrogens with two attached hydrogens (primary N) is 2. The highest BCUT2D eigenvalue weighted by Crippen LogP contribution is 2.34. The number of amides is 1. The van der Waals surface area contributed by atoms with E-state index in [2.05, 4.69) is 0 Å². The molecular formula is C15H14ClN3O2. The van der Waals surface area contributed by atoms with Gasteiger partial charge in [-0.2, -0.15) is 0 Å². The molecule has 2 rings (SSSR count). The van der Waals surface area contributed by atoms with Crippen LogP contribution in [0.15, 0.2) is 48.5 Å². The fraction of sp³-hybridized carbons (Fsp3) is 0.0667. The monoisotopic (exact) mass is 303 g/mol. The van der Waals surface area contributed by atoms with E-state index in [0.29, 0.717) is 11.1 Å². The lowest BCUT2D eigenvalue weighted by molar-refractivity contribution is -0.133. The van der Waals surface area contributed by atoms with Crippen molar-refractivity contribution in [3.63, 3.8) is 0 Å². The molecule has 1 unspecified atom stereocenters. The Morgan fingerprint density at radius 3 is 2.24 bits per heavy atom. The molecule has 0 fully saturated rings. The largest absolute Gasteiger partial charge is 0.384 e. The van der Waals surface area contributed by atoms with E-state index in [1.807, 2.05) is 0 Å². The second kappa shape index (κ2) is 5.55. The Bertz CT molecular complexity index is 703. The lowest BCUT2D eigenvalue weighted by atomic mass is 9.85. The van der Waals surface area contributed by atoms with Crippen LogP contribution in [0.3, 0.4) is 0 Å². The summed E-state index contributed by atoms with van der Waals surface area (Å²) in [7, 11) is 0. The minimum absolute atomic E-state index is 0.104. The van der Waals surface area contributed by atoms with Crippen LogP contribution in [0.2, 0.25) is 5.02 Å². The Morgan fingerprint density at radius 2 is 1.76 bits per heavy atom. The van der Waals surface area contributed by atoms with Crippen molar-refractivity contribution in [2.24, 2.45) is 11.5 Å². The lowest BCUT2D eigenvalue weighted by Crippen LogP contribution is -2.42. The van der Waals surface area contributed by atoms with Crippen molar-refractivity contribution in [2.45, 2.75) is 5.60 Å². The lowest BCUT2D eigenvalue weighted by Gasteiger charge is -2.26. The SMILES string of the molecule is N=C(N)c1ccc(C(O)(C(N)=O)c2ccccc2)c(Cl)c1. The van der Waals surface area contributed by atoms with Crippen LogP contribution in [0, 0.1) is 5.41 Å². The van der Waals surface area contributed by atoms with E-state index in [1.165, 1.54) is 18.2 Å². The number of primary amides is 1. The molecule has 0 saturated carbocycles. The summed E-state index contributed by atoms with van der Waals surface area (Å²) >= 11 is 6.13. The second-order valence-corrected chi connectivity index (χ2v) is 4.96. The van der Waals surface area contributed by atoms with E-state index in [9.17, 15) is 9.90 Å². The molecule has 1 atom stereocenters. The van der Waals surface area contributed by atoms with Gasteiger partial charge in [0.25, 0.3) is 5.91 Å². The van der Waals surface area contributed by atoms with Gasteiger partial charge in [-0.3, -0.25) is 10.2 Å². The van der Waals surface area contributed by atoms with Crippen LogP contribution >= 0.6 is 11.6 Å². The smallest absolute Gasteiger partial charge is 0.258 e. The Hall–Kier alpha value is -2.37. The van der Waals surface area contributed by atoms with Gasteiger partial charge in [0.05, 0.1) is 0 Å². The Labute approximate surface area is 126 Å². The summed E-state index contributed by atoms with van der Waals surface area (Å²) in [4.78, 5) is 11.8. The number of nitrogens with one attached hydrogen (secondary N) is 1. The summed E-state index contributed by atoms with van der Waals surface area (Å²) < 4.78 is 0. The van der Waals surface area contributed by atoms with Crippen molar-refractivity contribution < 1.29 is 9.90 Å². The fourth-order valence-electron chi connectivity index (χ4n) is 2.09. The average Bonchev–Trinajstić information content (AvgIpc) is 2.47. The van der Waals surface area contributed by atoms with Crippen LogP contribution in [-0.2, 0) is 10.4 Å². The van der Waals surface area contributed by atoms with Crippen molar-refractivity contribution in [1.29, 1.82) is 5.41 Å². The molecule has 0 heterocycles. The maximum atomic E-state index is 11.8. The maximum Gasteiger partial charge on any atom is 0.258 e. The van der Waals surface area contributed by atoms with Gasteiger partial charge in [0.2, 0.25) is 0 Å². The molecular weight excluding hydrogens is 290 g/mol. The van der Waals surface area contributed by atoms with E-state index in [1.54, 1.807) is 30.3 Å². The highest BCUT2D eigenvalue weighted by molar-refractivity contribution is 6.32. The number of hydrogen-bond acceptors (Lipinski definition) is 3. The van der Waals surface area contributed by atoms with Crippen molar-refractivity contribution in [2.75, 3.05) is 0 Å². The molecule has 1 amide bonds. The molecule has 5 nitrogen and oxygen atoms in total. The summed E-state index contributed by atoms with van der Waals surface area (Å²) in [5, 5.41) is 18.3. The zero-order chi connectivity index (χ0) is 15.6. The predicted octanol–water partition coefficient (Wildman–Crippen LogP) is 1.35. The quantitative estimate of drug-likeness (QED) is 0.505. The number of benzene rings is 2. The second-order valence-electron chi connectivity index (χ2n) is 4.55. The Morgan fingerprint density at radius 1 is 1.14 bits per heavy atom. The molecule has 6 heteroatoms. The number of aliphatic hydroxyl groups is 1. The molecule has 0 aliphatic rings. The number of halogens is 1. The normalized spacial score (nSPS) is 13.4. The Kier molecular flexibility index (Phi) is 3.97. The van der Waals surface area contributed by atoms with Gasteiger partial charge in [0, 0.05) is 16.1 Å². The molecule has 0 aliphatic carbocycles. The third-order valence-electron chi connectivity index (χ3n) is 3.22. The van der Waals surface area contributed by atoms with Crippen molar-refractivity contribution in [1.82, 2.24) is 0 Å². The third kappa shape index (κ3) is 2.61. The van der Waals surface area contributed by atoms with Crippen molar-refractivity contribution in [3.05, 3.63) is 70.2 Å². The first-order valence-electron chi connectivity index (χ1n) is 6.09. The van der Waals surface area contributed by atoms with E-state index in [4.69, 9.17) is 28.5 Å². The van der Waals surface area contributed by atoms with Gasteiger partial charge in [-0.05, 0) is 11.6 Å². The van der Waals surface area contributed by atoms with Gasteiger partial charge in [0.1, 0.15) is 5.84 Å². The zero-order valence-corrected chi connectivity index (χ0v) is 11.8. The number of hydrogen-bond donors (Lipinski definition) is 4. The fourth-order valence-corrected chi connectivity index (χ4v) is 2.40. The minimum Gasteiger partial charge on any atom is -0.384 e. The van der Waals surface area contributed by atoms with E-state index in [-0.39, 0.29) is 16.4 Å². The molecule has 0 aliphatic heterocycles. The third-order valence-corrected chi connectivity index (χ3v) is 3.53. The van der Waals surface area contributed by atoms with Crippen LogP contribution in [0.5, 0.6) is 0 Å². The van der Waals surface area contributed by atoms with E-state index < -0.39 is 11.5 Å². The van der Waals surface area contributed by atoms with Crippen LogP contribution < -0.4 is 11.5 Å². The van der Waals surface area contributed by atoms with Gasteiger partial charge < -0.3 is 16.6 Å². The van der Waals surface area contributed by atoms with E-state index in [0.717, 1.165) is 0 Å². The molecule has 108 valence electrons. The zero-order valence-electron chi connectivity index (χ0n) is 11.0. The highest BCUT2D eigenvalue weighted by Gasteiger charge is 2.39. The molecule has 2 aromatic carbocycles. The van der Waals surface area contributed by atoms with Crippen LogP contribution in [0.25, 0.3) is 0 Å². The number of carbonyl (C=O) groups is 1. The van der Waals surface area contributed by atoms with Crippen molar-refractivity contribution >= 4 is 23.3 Å².